The fraction of sp³-hybridized carbons (Fsp3) is 0.263. The number of rotatable bonds is 4. The summed E-state index contributed by atoms with van der Waals surface area (Å²) in [4.78, 5) is 32.3. The molecule has 0 fully saturated rings. The van der Waals surface area contributed by atoms with Gasteiger partial charge in [0.25, 0.3) is 5.91 Å². The van der Waals surface area contributed by atoms with Crippen molar-refractivity contribution >= 4 is 23.3 Å². The standard InChI is InChI=1S/C19H21N5O3/c1-19(2,3)27-18(26)23-14-6-4-13(5-7-14)10-22-17(25)15-11-21-16-12-20-8-9-24(15)16/h4-9,11-12H,10H2,1-3H3,(H,22,25)(H,23,26). The molecule has 1 aromatic carbocycles. The molecular formula is C19H21N5O3. The molecule has 27 heavy (non-hydrogen) atoms. The van der Waals surface area contributed by atoms with Gasteiger partial charge in [-0.3, -0.25) is 19.5 Å². The van der Waals surface area contributed by atoms with Gasteiger partial charge in [0.1, 0.15) is 11.3 Å². The van der Waals surface area contributed by atoms with E-state index in [9.17, 15) is 9.59 Å². The molecule has 2 heterocycles. The van der Waals surface area contributed by atoms with Gasteiger partial charge in [-0.25, -0.2) is 9.78 Å². The molecule has 0 radical (unpaired) electrons. The second kappa shape index (κ2) is 7.45. The van der Waals surface area contributed by atoms with E-state index in [0.29, 0.717) is 23.6 Å². The first-order chi connectivity index (χ1) is 12.8. The van der Waals surface area contributed by atoms with Crippen molar-refractivity contribution in [3.8, 4) is 0 Å². The molecule has 8 nitrogen and oxygen atoms in total. The lowest BCUT2D eigenvalue weighted by molar-refractivity contribution is 0.0635. The Hall–Kier alpha value is -3.42. The lowest BCUT2D eigenvalue weighted by atomic mass is 10.2. The molecule has 140 valence electrons. The molecule has 0 saturated carbocycles. The Kier molecular flexibility index (Phi) is 5.07. The minimum Gasteiger partial charge on any atom is -0.444 e. The number of imidazole rings is 1. The number of carbonyl (C=O) groups excluding carboxylic acids is 2. The van der Waals surface area contributed by atoms with Gasteiger partial charge in [-0.2, -0.15) is 0 Å². The second-order valence-electron chi connectivity index (χ2n) is 6.95. The lowest BCUT2D eigenvalue weighted by Gasteiger charge is -2.19. The maximum absolute atomic E-state index is 12.4. The zero-order valence-corrected chi connectivity index (χ0v) is 15.4. The van der Waals surface area contributed by atoms with Crippen molar-refractivity contribution in [1.82, 2.24) is 19.7 Å². The van der Waals surface area contributed by atoms with Gasteiger partial charge in [0.05, 0.1) is 12.4 Å². The monoisotopic (exact) mass is 367 g/mol. The molecule has 3 aromatic rings. The Labute approximate surface area is 156 Å². The number of hydrogen-bond acceptors (Lipinski definition) is 5. The summed E-state index contributed by atoms with van der Waals surface area (Å²) in [6, 6.07) is 7.16. The Morgan fingerprint density at radius 3 is 2.59 bits per heavy atom. The largest absolute Gasteiger partial charge is 0.444 e. The first-order valence-corrected chi connectivity index (χ1v) is 8.46. The summed E-state index contributed by atoms with van der Waals surface area (Å²) >= 11 is 0. The van der Waals surface area contributed by atoms with E-state index < -0.39 is 11.7 Å². The van der Waals surface area contributed by atoms with Gasteiger partial charge in [-0.1, -0.05) is 12.1 Å². The molecule has 8 heteroatoms. The summed E-state index contributed by atoms with van der Waals surface area (Å²) < 4.78 is 6.88. The summed E-state index contributed by atoms with van der Waals surface area (Å²) in [6.45, 7) is 5.76. The number of nitrogens with zero attached hydrogens (tertiary/aromatic N) is 3. The molecule has 0 atom stereocenters. The Morgan fingerprint density at radius 2 is 1.89 bits per heavy atom. The van der Waals surface area contributed by atoms with Gasteiger partial charge >= 0.3 is 6.09 Å². The Morgan fingerprint density at radius 1 is 1.15 bits per heavy atom. The van der Waals surface area contributed by atoms with Crippen LogP contribution in [-0.2, 0) is 11.3 Å². The summed E-state index contributed by atoms with van der Waals surface area (Å²) in [7, 11) is 0. The fourth-order valence-electron chi connectivity index (χ4n) is 2.41. The van der Waals surface area contributed by atoms with Crippen LogP contribution < -0.4 is 10.6 Å². The number of ether oxygens (including phenoxy) is 1. The van der Waals surface area contributed by atoms with Crippen LogP contribution in [0.5, 0.6) is 0 Å². The molecule has 0 aliphatic carbocycles. The van der Waals surface area contributed by atoms with Crippen LogP contribution in [-0.4, -0.2) is 32.0 Å². The van der Waals surface area contributed by atoms with Gasteiger partial charge in [-0.15, -0.1) is 0 Å². The summed E-state index contributed by atoms with van der Waals surface area (Å²) in [6.07, 6.45) is 5.88. The maximum atomic E-state index is 12.4. The van der Waals surface area contributed by atoms with Crippen molar-refractivity contribution < 1.29 is 14.3 Å². The predicted molar refractivity (Wildman–Crippen MR) is 100 cm³/mol. The van der Waals surface area contributed by atoms with Gasteiger partial charge in [0, 0.05) is 24.6 Å². The number of amides is 2. The topological polar surface area (TPSA) is 97.6 Å². The van der Waals surface area contributed by atoms with Crippen LogP contribution in [0, 0.1) is 0 Å². The highest BCUT2D eigenvalue weighted by molar-refractivity contribution is 5.93. The molecular weight excluding hydrogens is 346 g/mol. The van der Waals surface area contributed by atoms with Gasteiger partial charge in [0.2, 0.25) is 0 Å². The maximum Gasteiger partial charge on any atom is 0.412 e. The van der Waals surface area contributed by atoms with E-state index in [0.717, 1.165) is 5.56 Å². The quantitative estimate of drug-likeness (QED) is 0.739. The van der Waals surface area contributed by atoms with E-state index in [1.807, 2.05) is 12.1 Å². The van der Waals surface area contributed by atoms with Crippen LogP contribution in [0.4, 0.5) is 10.5 Å². The third kappa shape index (κ3) is 4.81. The van der Waals surface area contributed by atoms with E-state index in [1.54, 1.807) is 55.9 Å². The van der Waals surface area contributed by atoms with Crippen LogP contribution in [0.3, 0.4) is 0 Å². The third-order valence-electron chi connectivity index (χ3n) is 3.60. The van der Waals surface area contributed by atoms with Crippen molar-refractivity contribution in [1.29, 1.82) is 0 Å². The van der Waals surface area contributed by atoms with Crippen LogP contribution in [0.2, 0.25) is 0 Å². The average molecular weight is 367 g/mol. The zero-order chi connectivity index (χ0) is 19.4. The van der Waals surface area contributed by atoms with Crippen LogP contribution in [0.15, 0.2) is 49.1 Å². The van der Waals surface area contributed by atoms with E-state index in [1.165, 1.54) is 6.20 Å². The SMILES string of the molecule is CC(C)(C)OC(=O)Nc1ccc(CNC(=O)c2cnc3cnccn23)cc1. The molecule has 2 N–H and O–H groups in total. The number of anilines is 1. The minimum atomic E-state index is -0.553. The number of aromatic nitrogens is 3. The average Bonchev–Trinajstić information content (AvgIpc) is 3.03. The van der Waals surface area contributed by atoms with E-state index in [2.05, 4.69) is 20.6 Å². The number of nitrogens with one attached hydrogen (secondary N) is 2. The van der Waals surface area contributed by atoms with Crippen LogP contribution >= 0.6 is 0 Å². The lowest BCUT2D eigenvalue weighted by Crippen LogP contribution is -2.27. The van der Waals surface area contributed by atoms with Gasteiger partial charge < -0.3 is 10.1 Å². The van der Waals surface area contributed by atoms with Crippen LogP contribution in [0.1, 0.15) is 36.8 Å². The first-order valence-electron chi connectivity index (χ1n) is 8.46. The van der Waals surface area contributed by atoms with Crippen molar-refractivity contribution in [3.05, 3.63) is 60.3 Å². The minimum absolute atomic E-state index is 0.232. The number of benzene rings is 1. The Bertz CT molecular complexity index is 957. The van der Waals surface area contributed by atoms with Gasteiger partial charge in [-0.05, 0) is 38.5 Å². The highest BCUT2D eigenvalue weighted by Gasteiger charge is 2.16. The number of carbonyl (C=O) groups is 2. The predicted octanol–water partition coefficient (Wildman–Crippen LogP) is 3.01. The summed E-state index contributed by atoms with van der Waals surface area (Å²) in [5.41, 5.74) is 2.01. The molecule has 2 aromatic heterocycles. The van der Waals surface area contributed by atoms with Crippen molar-refractivity contribution in [2.24, 2.45) is 0 Å². The van der Waals surface area contributed by atoms with Crippen LogP contribution in [0.25, 0.3) is 5.65 Å². The molecule has 0 saturated heterocycles. The van der Waals surface area contributed by atoms with Crippen molar-refractivity contribution in [3.63, 3.8) is 0 Å². The highest BCUT2D eigenvalue weighted by atomic mass is 16.6. The van der Waals surface area contributed by atoms with E-state index in [4.69, 9.17) is 4.74 Å². The van der Waals surface area contributed by atoms with Gasteiger partial charge in [0.15, 0.2) is 5.65 Å². The van der Waals surface area contributed by atoms with Crippen molar-refractivity contribution in [2.75, 3.05) is 5.32 Å². The zero-order valence-electron chi connectivity index (χ0n) is 15.4. The molecule has 0 spiro atoms. The molecule has 2 amide bonds. The molecule has 0 aliphatic heterocycles. The second-order valence-corrected chi connectivity index (χ2v) is 6.95. The third-order valence-corrected chi connectivity index (χ3v) is 3.60. The normalized spacial score (nSPS) is 11.2. The molecule has 0 aliphatic rings. The first kappa shape index (κ1) is 18.4. The summed E-state index contributed by atoms with van der Waals surface area (Å²) in [5.74, 6) is -0.232. The molecule has 0 bridgehead atoms. The summed E-state index contributed by atoms with van der Waals surface area (Å²) in [5, 5.41) is 5.52. The van der Waals surface area contributed by atoms with E-state index in [-0.39, 0.29) is 5.91 Å². The van der Waals surface area contributed by atoms with Crippen molar-refractivity contribution in [2.45, 2.75) is 32.9 Å². The molecule has 3 rings (SSSR count). The Balaban J connectivity index is 1.57. The highest BCUT2D eigenvalue weighted by Crippen LogP contribution is 2.13. The van der Waals surface area contributed by atoms with E-state index >= 15 is 0 Å². The fourth-order valence-corrected chi connectivity index (χ4v) is 2.41. The molecule has 0 unspecified atom stereocenters. The smallest absolute Gasteiger partial charge is 0.412 e. The number of hydrogen-bond donors (Lipinski definition) is 2. The number of fused-ring (bicyclic) bond motifs is 1.